The van der Waals surface area contributed by atoms with Gasteiger partial charge in [0.1, 0.15) is 11.9 Å². The van der Waals surface area contributed by atoms with Gasteiger partial charge in [0.05, 0.1) is 13.1 Å². The van der Waals surface area contributed by atoms with Crippen molar-refractivity contribution in [2.45, 2.75) is 19.3 Å². The van der Waals surface area contributed by atoms with Crippen LogP contribution in [0.3, 0.4) is 0 Å². The molecule has 1 aromatic rings. The third-order valence-electron chi connectivity index (χ3n) is 4.62. The third kappa shape index (κ3) is 3.79. The minimum Gasteiger partial charge on any atom is -0.488 e. The van der Waals surface area contributed by atoms with Crippen molar-refractivity contribution in [1.29, 1.82) is 0 Å². The maximum Gasteiger partial charge on any atom is 0.152 e. The summed E-state index contributed by atoms with van der Waals surface area (Å²) in [4.78, 5) is 0. The molecule has 2 atom stereocenters. The van der Waals surface area contributed by atoms with Crippen molar-refractivity contribution in [3.8, 4) is 5.75 Å². The number of nitrogens with zero attached hydrogens (tertiary/aromatic N) is 1. The first-order valence-corrected chi connectivity index (χ1v) is 9.00. The Hall–Kier alpha value is -2.64. The molecule has 1 unspecified atom stereocenters. The van der Waals surface area contributed by atoms with Gasteiger partial charge in [-0.3, -0.25) is 5.32 Å². The van der Waals surface area contributed by atoms with Crippen LogP contribution in [0.4, 0.5) is 0 Å². The molecule has 0 bridgehead atoms. The molecule has 7 heteroatoms. The number of hydrogen-bond donors (Lipinski definition) is 5. The van der Waals surface area contributed by atoms with E-state index in [1.54, 1.807) is 0 Å². The summed E-state index contributed by atoms with van der Waals surface area (Å²) >= 11 is 0. The van der Waals surface area contributed by atoms with E-state index in [4.69, 9.17) is 4.74 Å². The molecule has 3 heterocycles. The van der Waals surface area contributed by atoms with E-state index < -0.39 is 0 Å². The summed E-state index contributed by atoms with van der Waals surface area (Å²) in [6.07, 6.45) is 8.32. The second-order valence-electron chi connectivity index (χ2n) is 6.82. The number of fused-ring (bicyclic) bond motifs is 1. The van der Waals surface area contributed by atoms with E-state index in [1.807, 2.05) is 18.3 Å². The van der Waals surface area contributed by atoms with E-state index in [0.717, 1.165) is 42.2 Å². The van der Waals surface area contributed by atoms with Gasteiger partial charge in [-0.15, -0.1) is 0 Å². The van der Waals surface area contributed by atoms with Gasteiger partial charge in [-0.1, -0.05) is 12.1 Å². The summed E-state index contributed by atoms with van der Waals surface area (Å²) in [7, 11) is 1.99. The van der Waals surface area contributed by atoms with Crippen LogP contribution in [0, 0.1) is 0 Å². The Labute approximate surface area is 154 Å². The van der Waals surface area contributed by atoms with E-state index in [-0.39, 0.29) is 12.4 Å². The fourth-order valence-electron chi connectivity index (χ4n) is 3.21. The molecular formula is C19H26N6O. The van der Waals surface area contributed by atoms with Crippen molar-refractivity contribution < 1.29 is 4.74 Å². The van der Waals surface area contributed by atoms with Gasteiger partial charge in [-0.05, 0) is 36.4 Å². The van der Waals surface area contributed by atoms with Crippen LogP contribution in [0.1, 0.15) is 18.1 Å². The molecule has 26 heavy (non-hydrogen) atoms. The summed E-state index contributed by atoms with van der Waals surface area (Å²) in [5, 5.41) is 15.5. The lowest BCUT2D eigenvalue weighted by Crippen LogP contribution is -2.53. The second kappa shape index (κ2) is 7.31. The molecule has 1 aromatic carbocycles. The largest absolute Gasteiger partial charge is 0.488 e. The first-order valence-electron chi connectivity index (χ1n) is 9.00. The van der Waals surface area contributed by atoms with Crippen LogP contribution < -0.4 is 31.4 Å². The molecule has 138 valence electrons. The predicted octanol–water partition coefficient (Wildman–Crippen LogP) is 0.726. The second-order valence-corrected chi connectivity index (χ2v) is 6.82. The zero-order valence-corrected chi connectivity index (χ0v) is 15.2. The molecule has 0 spiro atoms. The van der Waals surface area contributed by atoms with Crippen LogP contribution in [0.2, 0.25) is 0 Å². The van der Waals surface area contributed by atoms with Crippen molar-refractivity contribution in [1.82, 2.24) is 31.7 Å². The van der Waals surface area contributed by atoms with Gasteiger partial charge in [-0.25, -0.2) is 5.43 Å². The molecule has 4 rings (SSSR count). The smallest absolute Gasteiger partial charge is 0.152 e. The molecule has 0 radical (unpaired) electrons. The molecule has 7 nitrogen and oxygen atoms in total. The lowest BCUT2D eigenvalue weighted by atomic mass is 10.0. The number of nitrogens with one attached hydrogen (secondary N) is 5. The Balaban J connectivity index is 1.46. The Morgan fingerprint density at radius 3 is 2.96 bits per heavy atom. The Bertz CT molecular complexity index is 756. The Kier molecular flexibility index (Phi) is 4.73. The monoisotopic (exact) mass is 354 g/mol. The first kappa shape index (κ1) is 16.8. The summed E-state index contributed by atoms with van der Waals surface area (Å²) in [5.74, 6) is 0.930. The van der Waals surface area contributed by atoms with Crippen LogP contribution in [-0.4, -0.2) is 44.1 Å². The van der Waals surface area contributed by atoms with Gasteiger partial charge in [-0.2, -0.15) is 0 Å². The van der Waals surface area contributed by atoms with Gasteiger partial charge < -0.3 is 25.7 Å². The van der Waals surface area contributed by atoms with Crippen LogP contribution in [0.5, 0.6) is 5.75 Å². The quantitative estimate of drug-likeness (QED) is 0.548. The van der Waals surface area contributed by atoms with E-state index in [2.05, 4.69) is 70.3 Å². The fourth-order valence-corrected chi connectivity index (χ4v) is 3.21. The van der Waals surface area contributed by atoms with Gasteiger partial charge in [0, 0.05) is 37.3 Å². The Morgan fingerprint density at radius 2 is 2.19 bits per heavy atom. The maximum absolute atomic E-state index is 6.07. The minimum absolute atomic E-state index is 0.0212. The van der Waals surface area contributed by atoms with Crippen LogP contribution in [0.25, 0.3) is 11.6 Å². The zero-order chi connectivity index (χ0) is 17.9. The minimum atomic E-state index is 0.0212. The fraction of sp³-hybridized carbons (Fsp3) is 0.368. The van der Waals surface area contributed by atoms with E-state index >= 15 is 0 Å². The molecule has 0 aromatic heterocycles. The van der Waals surface area contributed by atoms with Gasteiger partial charge in [0.15, 0.2) is 6.29 Å². The molecule has 0 amide bonds. The SMILES string of the molecule is C[C@@H]1CNC=Cc2ccc(C3=CNC(NC4=CN(C)NC4)NC3)cc2O1. The molecule has 0 aliphatic carbocycles. The highest BCUT2D eigenvalue weighted by molar-refractivity contribution is 5.71. The highest BCUT2D eigenvalue weighted by Crippen LogP contribution is 2.27. The standard InChI is InChI=1S/C19H26N6O/c1-13-8-20-6-5-14-3-4-15(7-18(14)26-13)16-9-21-19(22-10-16)24-17-11-23-25(2)12-17/h3-7,9,12-13,19-24H,8,10-11H2,1-2H3/t13-,19?/m1/s1. The highest BCUT2D eigenvalue weighted by Gasteiger charge is 2.18. The van der Waals surface area contributed by atoms with E-state index in [1.165, 1.54) is 5.57 Å². The number of hydrazine groups is 1. The van der Waals surface area contributed by atoms with E-state index in [9.17, 15) is 0 Å². The lowest BCUT2D eigenvalue weighted by Gasteiger charge is -2.28. The van der Waals surface area contributed by atoms with Crippen LogP contribution in [-0.2, 0) is 0 Å². The van der Waals surface area contributed by atoms with Crippen LogP contribution in [0.15, 0.2) is 42.5 Å². The zero-order valence-electron chi connectivity index (χ0n) is 15.2. The molecular weight excluding hydrogens is 328 g/mol. The number of hydrogen-bond acceptors (Lipinski definition) is 7. The van der Waals surface area contributed by atoms with Gasteiger partial charge >= 0.3 is 0 Å². The molecule has 0 saturated heterocycles. The Morgan fingerprint density at radius 1 is 1.27 bits per heavy atom. The molecule has 0 fully saturated rings. The molecule has 5 N–H and O–H groups in total. The summed E-state index contributed by atoms with van der Waals surface area (Å²) in [5.41, 5.74) is 7.84. The number of rotatable bonds is 3. The van der Waals surface area contributed by atoms with E-state index in [0.29, 0.717) is 0 Å². The molecule has 3 aliphatic heterocycles. The van der Waals surface area contributed by atoms with Crippen molar-refractivity contribution in [2.24, 2.45) is 0 Å². The van der Waals surface area contributed by atoms with Crippen LogP contribution >= 0.6 is 0 Å². The van der Waals surface area contributed by atoms with Crippen molar-refractivity contribution >= 4 is 11.6 Å². The first-order chi connectivity index (χ1) is 12.7. The van der Waals surface area contributed by atoms with Crippen molar-refractivity contribution in [3.05, 3.63) is 53.6 Å². The van der Waals surface area contributed by atoms with Crippen molar-refractivity contribution in [2.75, 3.05) is 26.7 Å². The molecule has 0 saturated carbocycles. The number of benzene rings is 1. The predicted molar refractivity (Wildman–Crippen MR) is 103 cm³/mol. The highest BCUT2D eigenvalue weighted by atomic mass is 16.5. The molecule has 3 aliphatic rings. The average Bonchev–Trinajstić information content (AvgIpc) is 3.03. The summed E-state index contributed by atoms with van der Waals surface area (Å²) in [6, 6.07) is 6.37. The normalized spacial score (nSPS) is 24.9. The van der Waals surface area contributed by atoms with Crippen molar-refractivity contribution in [3.63, 3.8) is 0 Å². The maximum atomic E-state index is 6.07. The summed E-state index contributed by atoms with van der Waals surface area (Å²) in [6.45, 7) is 4.48. The van der Waals surface area contributed by atoms with Gasteiger partial charge in [0.2, 0.25) is 0 Å². The van der Waals surface area contributed by atoms with Gasteiger partial charge in [0.25, 0.3) is 0 Å². The summed E-state index contributed by atoms with van der Waals surface area (Å²) < 4.78 is 6.07. The topological polar surface area (TPSA) is 72.6 Å². The third-order valence-corrected chi connectivity index (χ3v) is 4.62. The lowest BCUT2D eigenvalue weighted by molar-refractivity contribution is 0.221. The average molecular weight is 354 g/mol. The number of ether oxygens (including phenoxy) is 1.